The van der Waals surface area contributed by atoms with E-state index in [0.717, 1.165) is 28.4 Å². The van der Waals surface area contributed by atoms with Crippen molar-refractivity contribution in [3.63, 3.8) is 0 Å². The number of halogens is 1. The zero-order valence-electron chi connectivity index (χ0n) is 11.1. The molecule has 19 heavy (non-hydrogen) atoms. The molecule has 1 aromatic rings. The first kappa shape index (κ1) is 13.1. The summed E-state index contributed by atoms with van der Waals surface area (Å²) in [6.45, 7) is 2.01. The van der Waals surface area contributed by atoms with Gasteiger partial charge in [0.15, 0.2) is 0 Å². The maximum atomic E-state index is 12.3. The van der Waals surface area contributed by atoms with Gasteiger partial charge in [0, 0.05) is 28.2 Å². The fourth-order valence-electron chi connectivity index (χ4n) is 3.23. The first-order valence-corrected chi connectivity index (χ1v) is 7.74. The summed E-state index contributed by atoms with van der Waals surface area (Å²) in [6.07, 6.45) is 4.65. The Morgan fingerprint density at radius 2 is 2.00 bits per heavy atom. The summed E-state index contributed by atoms with van der Waals surface area (Å²) >= 11 is 3.46. The van der Waals surface area contributed by atoms with Gasteiger partial charge in [-0.2, -0.15) is 0 Å². The Morgan fingerprint density at radius 3 is 2.63 bits per heavy atom. The van der Waals surface area contributed by atoms with Gasteiger partial charge >= 0.3 is 0 Å². The van der Waals surface area contributed by atoms with E-state index < -0.39 is 0 Å². The maximum Gasteiger partial charge on any atom is 0.251 e. The fraction of sp³-hybridized carbons (Fsp3) is 0.533. The number of fused-ring (bicyclic) bond motifs is 2. The van der Waals surface area contributed by atoms with Gasteiger partial charge in [-0.3, -0.25) is 4.79 Å². The second kappa shape index (κ2) is 5.25. The van der Waals surface area contributed by atoms with Crippen molar-refractivity contribution in [2.45, 2.75) is 50.7 Å². The molecule has 2 atom stereocenters. The largest absolute Gasteiger partial charge is 0.349 e. The Bertz CT molecular complexity index is 491. The van der Waals surface area contributed by atoms with Crippen LogP contribution >= 0.6 is 15.9 Å². The number of hydrogen-bond donors (Lipinski definition) is 2. The van der Waals surface area contributed by atoms with Gasteiger partial charge in [-0.15, -0.1) is 0 Å². The normalized spacial score (nSPS) is 29.3. The molecule has 2 aliphatic heterocycles. The molecule has 0 saturated carbocycles. The number of nitrogens with one attached hydrogen (secondary N) is 2. The average molecular weight is 323 g/mol. The van der Waals surface area contributed by atoms with Crippen LogP contribution in [-0.2, 0) is 0 Å². The third-order valence-corrected chi connectivity index (χ3v) is 5.12. The molecular weight excluding hydrogens is 304 g/mol. The van der Waals surface area contributed by atoms with Crippen LogP contribution in [0.3, 0.4) is 0 Å². The first-order valence-electron chi connectivity index (χ1n) is 6.95. The third kappa shape index (κ3) is 2.84. The summed E-state index contributed by atoms with van der Waals surface area (Å²) in [4.78, 5) is 12.3. The molecule has 3 nitrogen and oxygen atoms in total. The lowest BCUT2D eigenvalue weighted by Gasteiger charge is -2.29. The van der Waals surface area contributed by atoms with E-state index in [9.17, 15) is 4.79 Å². The highest BCUT2D eigenvalue weighted by atomic mass is 79.9. The van der Waals surface area contributed by atoms with Crippen molar-refractivity contribution in [2.75, 3.05) is 0 Å². The molecule has 2 N–H and O–H groups in total. The van der Waals surface area contributed by atoms with Gasteiger partial charge in [0.25, 0.3) is 5.91 Å². The molecule has 0 radical (unpaired) electrons. The number of carbonyl (C=O) groups excluding carboxylic acids is 1. The van der Waals surface area contributed by atoms with Gasteiger partial charge in [0.2, 0.25) is 0 Å². The number of amides is 1. The second-order valence-electron chi connectivity index (χ2n) is 5.74. The molecule has 2 aliphatic rings. The van der Waals surface area contributed by atoms with Crippen molar-refractivity contribution >= 4 is 21.8 Å². The Hall–Kier alpha value is -0.870. The van der Waals surface area contributed by atoms with Gasteiger partial charge in [0.05, 0.1) is 0 Å². The molecule has 2 fully saturated rings. The Balaban J connectivity index is 1.66. The smallest absolute Gasteiger partial charge is 0.251 e. The highest BCUT2D eigenvalue weighted by Gasteiger charge is 2.34. The van der Waals surface area contributed by atoms with E-state index >= 15 is 0 Å². The number of rotatable bonds is 2. The molecule has 2 heterocycles. The van der Waals surface area contributed by atoms with E-state index in [-0.39, 0.29) is 5.91 Å². The lowest BCUT2D eigenvalue weighted by Crippen LogP contribution is -2.48. The van der Waals surface area contributed by atoms with Crippen LogP contribution < -0.4 is 10.6 Å². The molecule has 2 saturated heterocycles. The molecule has 1 aromatic carbocycles. The van der Waals surface area contributed by atoms with Gasteiger partial charge < -0.3 is 10.6 Å². The number of carbonyl (C=O) groups is 1. The Kier molecular flexibility index (Phi) is 3.63. The summed E-state index contributed by atoms with van der Waals surface area (Å²) in [5.74, 6) is 0.0573. The fourth-order valence-corrected chi connectivity index (χ4v) is 3.48. The molecule has 2 bridgehead atoms. The van der Waals surface area contributed by atoms with E-state index in [4.69, 9.17) is 0 Å². The van der Waals surface area contributed by atoms with Crippen molar-refractivity contribution in [1.29, 1.82) is 0 Å². The Labute approximate surface area is 122 Å². The van der Waals surface area contributed by atoms with Gasteiger partial charge in [-0.05, 0) is 56.4 Å². The van der Waals surface area contributed by atoms with Crippen molar-refractivity contribution in [1.82, 2.24) is 10.6 Å². The monoisotopic (exact) mass is 322 g/mol. The zero-order chi connectivity index (χ0) is 13.4. The predicted molar refractivity (Wildman–Crippen MR) is 79.3 cm³/mol. The highest BCUT2D eigenvalue weighted by molar-refractivity contribution is 9.10. The molecule has 102 valence electrons. The van der Waals surface area contributed by atoms with Crippen LogP contribution in [0.2, 0.25) is 0 Å². The second-order valence-corrected chi connectivity index (χ2v) is 6.60. The van der Waals surface area contributed by atoms with E-state index in [1.165, 1.54) is 12.8 Å². The van der Waals surface area contributed by atoms with Crippen LogP contribution in [0.15, 0.2) is 22.7 Å². The van der Waals surface area contributed by atoms with E-state index in [1.54, 1.807) is 0 Å². The van der Waals surface area contributed by atoms with Crippen molar-refractivity contribution in [3.8, 4) is 0 Å². The molecule has 1 amide bonds. The van der Waals surface area contributed by atoms with Crippen LogP contribution in [-0.4, -0.2) is 24.0 Å². The zero-order valence-corrected chi connectivity index (χ0v) is 12.7. The summed E-state index contributed by atoms with van der Waals surface area (Å²) in [6, 6.07) is 7.30. The molecule has 4 heteroatoms. The molecule has 3 rings (SSSR count). The Morgan fingerprint density at radius 1 is 1.32 bits per heavy atom. The SMILES string of the molecule is Cc1cc(C(=O)NC2CC3CCC(C2)N3)ccc1Br. The summed E-state index contributed by atoms with van der Waals surface area (Å²) in [5, 5.41) is 6.78. The molecule has 2 unspecified atom stereocenters. The van der Waals surface area contributed by atoms with Crippen LogP contribution in [0.4, 0.5) is 0 Å². The minimum atomic E-state index is 0.0573. The highest BCUT2D eigenvalue weighted by Crippen LogP contribution is 2.27. The standard InChI is InChI=1S/C15H19BrN2O/c1-9-6-10(2-5-14(9)16)15(19)18-13-7-11-3-4-12(8-13)17-11/h2,5-6,11-13,17H,3-4,7-8H2,1H3,(H,18,19). The topological polar surface area (TPSA) is 41.1 Å². The average Bonchev–Trinajstić information content (AvgIpc) is 2.72. The minimum Gasteiger partial charge on any atom is -0.349 e. The third-order valence-electron chi connectivity index (χ3n) is 4.23. The molecule has 0 spiro atoms. The van der Waals surface area contributed by atoms with Crippen LogP contribution in [0.5, 0.6) is 0 Å². The lowest BCUT2D eigenvalue weighted by atomic mass is 9.99. The summed E-state index contributed by atoms with van der Waals surface area (Å²) < 4.78 is 1.05. The van der Waals surface area contributed by atoms with Crippen LogP contribution in [0.25, 0.3) is 0 Å². The quantitative estimate of drug-likeness (QED) is 0.879. The minimum absolute atomic E-state index is 0.0573. The molecule has 0 aromatic heterocycles. The van der Waals surface area contributed by atoms with Crippen molar-refractivity contribution in [3.05, 3.63) is 33.8 Å². The number of benzene rings is 1. The lowest BCUT2D eigenvalue weighted by molar-refractivity contribution is 0.0924. The van der Waals surface area contributed by atoms with Crippen LogP contribution in [0, 0.1) is 6.92 Å². The van der Waals surface area contributed by atoms with Gasteiger partial charge in [0.1, 0.15) is 0 Å². The number of piperidine rings is 1. The van der Waals surface area contributed by atoms with E-state index in [0.29, 0.717) is 18.1 Å². The number of hydrogen-bond acceptors (Lipinski definition) is 2. The summed E-state index contributed by atoms with van der Waals surface area (Å²) in [7, 11) is 0. The van der Waals surface area contributed by atoms with E-state index in [2.05, 4.69) is 26.6 Å². The summed E-state index contributed by atoms with van der Waals surface area (Å²) in [5.41, 5.74) is 1.85. The van der Waals surface area contributed by atoms with E-state index in [1.807, 2.05) is 25.1 Å². The van der Waals surface area contributed by atoms with Crippen molar-refractivity contribution in [2.24, 2.45) is 0 Å². The maximum absolute atomic E-state index is 12.3. The molecular formula is C15H19BrN2O. The first-order chi connectivity index (χ1) is 9.11. The van der Waals surface area contributed by atoms with Crippen LogP contribution in [0.1, 0.15) is 41.6 Å². The van der Waals surface area contributed by atoms with Gasteiger partial charge in [-0.25, -0.2) is 0 Å². The predicted octanol–water partition coefficient (Wildman–Crippen LogP) is 2.77. The van der Waals surface area contributed by atoms with Crippen molar-refractivity contribution < 1.29 is 4.79 Å². The molecule has 0 aliphatic carbocycles. The number of aryl methyl sites for hydroxylation is 1. The van der Waals surface area contributed by atoms with Gasteiger partial charge in [-0.1, -0.05) is 15.9 Å².